The second-order valence-electron chi connectivity index (χ2n) is 4.51. The van der Waals surface area contributed by atoms with E-state index in [0.29, 0.717) is 12.0 Å². The highest BCUT2D eigenvalue weighted by Crippen LogP contribution is 2.35. The van der Waals surface area contributed by atoms with Gasteiger partial charge in [0.05, 0.1) is 0 Å². The molecule has 16 heavy (non-hydrogen) atoms. The lowest BCUT2D eigenvalue weighted by atomic mass is 9.81. The number of rotatable bonds is 2. The van der Waals surface area contributed by atoms with Crippen LogP contribution in [0, 0.1) is 5.82 Å². The van der Waals surface area contributed by atoms with E-state index in [1.54, 1.807) is 12.1 Å². The first kappa shape index (κ1) is 12.1. The second kappa shape index (κ2) is 5.28. The maximum absolute atomic E-state index is 13.7. The summed E-state index contributed by atoms with van der Waals surface area (Å²) in [6.07, 6.45) is 4.54. The fourth-order valence-corrected chi connectivity index (χ4v) is 2.94. The smallest absolute Gasteiger partial charge is 0.126 e. The minimum atomic E-state index is -0.0649. The van der Waals surface area contributed by atoms with Crippen LogP contribution < -0.4 is 5.32 Å². The third kappa shape index (κ3) is 2.64. The van der Waals surface area contributed by atoms with Gasteiger partial charge in [0.2, 0.25) is 0 Å². The zero-order valence-electron chi connectivity index (χ0n) is 9.47. The van der Waals surface area contributed by atoms with Crippen molar-refractivity contribution in [3.63, 3.8) is 0 Å². The molecule has 3 heteroatoms. The topological polar surface area (TPSA) is 12.0 Å². The molecule has 0 saturated heterocycles. The first-order valence-corrected chi connectivity index (χ1v) is 6.62. The molecule has 1 aromatic carbocycles. The first-order valence-electron chi connectivity index (χ1n) is 5.83. The van der Waals surface area contributed by atoms with E-state index >= 15 is 0 Å². The molecule has 0 aromatic heterocycles. The third-order valence-corrected chi connectivity index (χ3v) is 3.97. The number of benzene rings is 1. The molecular formula is C13H17BrFN. The zero-order chi connectivity index (χ0) is 11.5. The van der Waals surface area contributed by atoms with Crippen LogP contribution in [0.1, 0.15) is 37.2 Å². The van der Waals surface area contributed by atoms with Crippen molar-refractivity contribution in [2.75, 3.05) is 7.05 Å². The molecule has 1 aromatic rings. The molecule has 1 fully saturated rings. The summed E-state index contributed by atoms with van der Waals surface area (Å²) in [4.78, 5) is 0. The Balaban J connectivity index is 2.19. The van der Waals surface area contributed by atoms with E-state index in [-0.39, 0.29) is 5.82 Å². The van der Waals surface area contributed by atoms with E-state index in [1.165, 1.54) is 12.8 Å². The Bertz CT molecular complexity index is 367. The number of hydrogen-bond donors (Lipinski definition) is 1. The first-order chi connectivity index (χ1) is 7.70. The van der Waals surface area contributed by atoms with Gasteiger partial charge >= 0.3 is 0 Å². The standard InChI is InChI=1S/C13H17BrFN/c1-16-11-4-2-3-9(7-11)12-8-10(14)5-6-13(12)15/h5-6,8-9,11,16H,2-4,7H2,1H3. The van der Waals surface area contributed by atoms with Crippen molar-refractivity contribution < 1.29 is 4.39 Å². The Labute approximate surface area is 105 Å². The molecule has 0 bridgehead atoms. The molecule has 1 nitrogen and oxygen atoms in total. The van der Waals surface area contributed by atoms with Crippen molar-refractivity contribution >= 4 is 15.9 Å². The Kier molecular flexibility index (Phi) is 3.98. The van der Waals surface area contributed by atoms with Crippen molar-refractivity contribution in [2.24, 2.45) is 0 Å². The van der Waals surface area contributed by atoms with Crippen LogP contribution in [0.2, 0.25) is 0 Å². The van der Waals surface area contributed by atoms with Gasteiger partial charge in [-0.05, 0) is 56.0 Å². The summed E-state index contributed by atoms with van der Waals surface area (Å²) in [5.74, 6) is 0.300. The highest BCUT2D eigenvalue weighted by atomic mass is 79.9. The maximum atomic E-state index is 13.7. The van der Waals surface area contributed by atoms with E-state index in [9.17, 15) is 4.39 Å². The molecule has 0 heterocycles. The van der Waals surface area contributed by atoms with Crippen LogP contribution in [0.4, 0.5) is 4.39 Å². The van der Waals surface area contributed by atoms with E-state index in [1.807, 2.05) is 13.1 Å². The Morgan fingerprint density at radius 2 is 2.19 bits per heavy atom. The fraction of sp³-hybridized carbons (Fsp3) is 0.538. The molecule has 1 N–H and O–H groups in total. The van der Waals surface area contributed by atoms with Gasteiger partial charge in [-0.3, -0.25) is 0 Å². The molecule has 0 aliphatic heterocycles. The van der Waals surface area contributed by atoms with Crippen LogP contribution in [-0.4, -0.2) is 13.1 Å². The van der Waals surface area contributed by atoms with Crippen molar-refractivity contribution in [1.82, 2.24) is 5.32 Å². The number of hydrogen-bond acceptors (Lipinski definition) is 1. The Morgan fingerprint density at radius 3 is 2.94 bits per heavy atom. The van der Waals surface area contributed by atoms with E-state index in [4.69, 9.17) is 0 Å². The molecule has 1 aliphatic rings. The molecule has 1 saturated carbocycles. The molecule has 2 unspecified atom stereocenters. The molecule has 1 aliphatic carbocycles. The average molecular weight is 286 g/mol. The van der Waals surface area contributed by atoms with Crippen molar-refractivity contribution in [2.45, 2.75) is 37.6 Å². The van der Waals surface area contributed by atoms with Gasteiger partial charge in [-0.25, -0.2) is 4.39 Å². The predicted octanol–water partition coefficient (Wildman–Crippen LogP) is 3.83. The predicted molar refractivity (Wildman–Crippen MR) is 68.2 cm³/mol. The largest absolute Gasteiger partial charge is 0.317 e. The van der Waals surface area contributed by atoms with Gasteiger partial charge in [0.25, 0.3) is 0 Å². The molecule has 2 atom stereocenters. The lowest BCUT2D eigenvalue weighted by Gasteiger charge is -2.29. The van der Waals surface area contributed by atoms with Crippen molar-refractivity contribution in [1.29, 1.82) is 0 Å². The molecule has 0 spiro atoms. The van der Waals surface area contributed by atoms with Gasteiger partial charge in [0, 0.05) is 10.5 Å². The van der Waals surface area contributed by atoms with Crippen LogP contribution in [-0.2, 0) is 0 Å². The summed E-state index contributed by atoms with van der Waals surface area (Å²) in [5.41, 5.74) is 0.870. The summed E-state index contributed by atoms with van der Waals surface area (Å²) >= 11 is 3.41. The van der Waals surface area contributed by atoms with Crippen LogP contribution in [0.15, 0.2) is 22.7 Å². The maximum Gasteiger partial charge on any atom is 0.126 e. The minimum absolute atomic E-state index is 0.0649. The molecule has 0 radical (unpaired) electrons. The molecule has 0 amide bonds. The lowest BCUT2D eigenvalue weighted by Crippen LogP contribution is -2.30. The summed E-state index contributed by atoms with van der Waals surface area (Å²) in [7, 11) is 1.99. The van der Waals surface area contributed by atoms with Gasteiger partial charge in [-0.1, -0.05) is 22.4 Å². The Hall–Kier alpha value is -0.410. The van der Waals surface area contributed by atoms with Crippen molar-refractivity contribution in [3.05, 3.63) is 34.1 Å². The van der Waals surface area contributed by atoms with Crippen LogP contribution in [0.5, 0.6) is 0 Å². The third-order valence-electron chi connectivity index (χ3n) is 3.48. The highest BCUT2D eigenvalue weighted by molar-refractivity contribution is 9.10. The van der Waals surface area contributed by atoms with Gasteiger partial charge in [-0.2, -0.15) is 0 Å². The summed E-state index contributed by atoms with van der Waals surface area (Å²) in [6, 6.07) is 5.79. The monoisotopic (exact) mass is 285 g/mol. The van der Waals surface area contributed by atoms with E-state index < -0.39 is 0 Å². The van der Waals surface area contributed by atoms with Crippen LogP contribution >= 0.6 is 15.9 Å². The number of nitrogens with one attached hydrogen (secondary N) is 1. The SMILES string of the molecule is CNC1CCCC(c2cc(Br)ccc2F)C1. The summed E-state index contributed by atoms with van der Waals surface area (Å²) in [5, 5.41) is 3.30. The summed E-state index contributed by atoms with van der Waals surface area (Å²) in [6.45, 7) is 0. The van der Waals surface area contributed by atoms with E-state index in [2.05, 4.69) is 21.2 Å². The van der Waals surface area contributed by atoms with Gasteiger partial charge < -0.3 is 5.32 Å². The Morgan fingerprint density at radius 1 is 1.38 bits per heavy atom. The average Bonchev–Trinajstić information content (AvgIpc) is 2.32. The minimum Gasteiger partial charge on any atom is -0.317 e. The second-order valence-corrected chi connectivity index (χ2v) is 5.43. The zero-order valence-corrected chi connectivity index (χ0v) is 11.1. The summed E-state index contributed by atoms with van der Waals surface area (Å²) < 4.78 is 14.7. The van der Waals surface area contributed by atoms with Crippen molar-refractivity contribution in [3.8, 4) is 0 Å². The highest BCUT2D eigenvalue weighted by Gasteiger charge is 2.24. The van der Waals surface area contributed by atoms with Gasteiger partial charge in [0.15, 0.2) is 0 Å². The molecule has 2 rings (SSSR count). The van der Waals surface area contributed by atoms with Gasteiger partial charge in [0.1, 0.15) is 5.82 Å². The lowest BCUT2D eigenvalue weighted by molar-refractivity contribution is 0.349. The number of halogens is 2. The van der Waals surface area contributed by atoms with E-state index in [0.717, 1.165) is 22.9 Å². The normalized spacial score (nSPS) is 25.7. The van der Waals surface area contributed by atoms with Crippen LogP contribution in [0.25, 0.3) is 0 Å². The van der Waals surface area contributed by atoms with Crippen LogP contribution in [0.3, 0.4) is 0 Å². The molecule has 88 valence electrons. The quantitative estimate of drug-likeness (QED) is 0.871. The molecular weight excluding hydrogens is 269 g/mol. The van der Waals surface area contributed by atoms with Gasteiger partial charge in [-0.15, -0.1) is 0 Å². The fourth-order valence-electron chi connectivity index (χ4n) is 2.56.